The summed E-state index contributed by atoms with van der Waals surface area (Å²) in [6, 6.07) is 3.07. The molecule has 1 fully saturated rings. The third kappa shape index (κ3) is 3.43. The summed E-state index contributed by atoms with van der Waals surface area (Å²) < 4.78 is 31.7. The molecule has 0 aliphatic heterocycles. The number of aromatic nitrogens is 1. The van der Waals surface area contributed by atoms with Gasteiger partial charge in [-0.25, -0.2) is 13.8 Å². The standard InChI is InChI=1S/C14H18F2N2O/c1-9(17)11-7-8-12(13(18-11)14(15)16)19-10-5-3-2-4-6-10/h7-8,10,14H,1-6,17H2. The van der Waals surface area contributed by atoms with Gasteiger partial charge in [-0.3, -0.25) is 0 Å². The molecule has 1 aromatic heterocycles. The smallest absolute Gasteiger partial charge is 0.284 e. The van der Waals surface area contributed by atoms with Crippen molar-refractivity contribution in [3.63, 3.8) is 0 Å². The minimum atomic E-state index is -2.68. The molecule has 1 saturated carbocycles. The largest absolute Gasteiger partial charge is 0.488 e. The lowest BCUT2D eigenvalue weighted by molar-refractivity contribution is 0.120. The van der Waals surface area contributed by atoms with Crippen LogP contribution in [0, 0.1) is 0 Å². The molecule has 0 spiro atoms. The van der Waals surface area contributed by atoms with E-state index in [0.29, 0.717) is 0 Å². The average molecular weight is 268 g/mol. The monoisotopic (exact) mass is 268 g/mol. The van der Waals surface area contributed by atoms with Crippen molar-refractivity contribution >= 4 is 5.70 Å². The maximum absolute atomic E-state index is 13.0. The van der Waals surface area contributed by atoms with Gasteiger partial charge in [0.25, 0.3) is 6.43 Å². The predicted molar refractivity (Wildman–Crippen MR) is 69.9 cm³/mol. The van der Waals surface area contributed by atoms with E-state index in [2.05, 4.69) is 11.6 Å². The van der Waals surface area contributed by atoms with E-state index in [1.807, 2.05) is 0 Å². The molecule has 1 aromatic rings. The van der Waals surface area contributed by atoms with E-state index in [1.54, 1.807) is 6.07 Å². The van der Waals surface area contributed by atoms with Crippen LogP contribution in [0.15, 0.2) is 18.7 Å². The lowest BCUT2D eigenvalue weighted by atomic mass is 9.98. The van der Waals surface area contributed by atoms with Crippen LogP contribution in [0.4, 0.5) is 8.78 Å². The Morgan fingerprint density at radius 3 is 2.58 bits per heavy atom. The number of ether oxygens (including phenoxy) is 1. The maximum Gasteiger partial charge on any atom is 0.284 e. The third-order valence-electron chi connectivity index (χ3n) is 3.27. The van der Waals surface area contributed by atoms with E-state index >= 15 is 0 Å². The number of hydrogen-bond donors (Lipinski definition) is 1. The average Bonchev–Trinajstić information content (AvgIpc) is 2.39. The number of alkyl halides is 2. The predicted octanol–water partition coefficient (Wildman–Crippen LogP) is 3.66. The van der Waals surface area contributed by atoms with Crippen molar-refractivity contribution in [2.75, 3.05) is 0 Å². The van der Waals surface area contributed by atoms with E-state index in [-0.39, 0.29) is 28.9 Å². The zero-order valence-corrected chi connectivity index (χ0v) is 10.7. The second-order valence-electron chi connectivity index (χ2n) is 4.78. The third-order valence-corrected chi connectivity index (χ3v) is 3.27. The Hall–Kier alpha value is -1.65. The van der Waals surface area contributed by atoms with E-state index in [4.69, 9.17) is 10.5 Å². The van der Waals surface area contributed by atoms with E-state index in [9.17, 15) is 8.78 Å². The molecule has 1 aliphatic carbocycles. The van der Waals surface area contributed by atoms with Gasteiger partial charge in [0.05, 0.1) is 17.5 Å². The molecule has 0 atom stereocenters. The quantitative estimate of drug-likeness (QED) is 0.906. The molecule has 0 bridgehead atoms. The first-order valence-electron chi connectivity index (χ1n) is 6.48. The lowest BCUT2D eigenvalue weighted by Crippen LogP contribution is -2.20. The lowest BCUT2D eigenvalue weighted by Gasteiger charge is -2.24. The van der Waals surface area contributed by atoms with Crippen molar-refractivity contribution in [1.29, 1.82) is 0 Å². The fourth-order valence-electron chi connectivity index (χ4n) is 2.26. The van der Waals surface area contributed by atoms with Gasteiger partial charge < -0.3 is 10.5 Å². The second-order valence-corrected chi connectivity index (χ2v) is 4.78. The molecule has 3 nitrogen and oxygen atoms in total. The highest BCUT2D eigenvalue weighted by atomic mass is 19.3. The Kier molecular flexibility index (Phi) is 4.35. The molecular formula is C14H18F2N2O. The molecule has 0 amide bonds. The van der Waals surface area contributed by atoms with Crippen LogP contribution in [0.2, 0.25) is 0 Å². The molecule has 0 aromatic carbocycles. The Bertz CT molecular complexity index is 457. The van der Waals surface area contributed by atoms with Gasteiger partial charge in [0.2, 0.25) is 0 Å². The molecule has 0 unspecified atom stereocenters. The minimum Gasteiger partial charge on any atom is -0.488 e. The van der Waals surface area contributed by atoms with E-state index < -0.39 is 6.43 Å². The van der Waals surface area contributed by atoms with Crippen LogP contribution in [0.3, 0.4) is 0 Å². The van der Waals surface area contributed by atoms with Crippen molar-refractivity contribution in [2.24, 2.45) is 5.73 Å². The molecule has 1 heterocycles. The summed E-state index contributed by atoms with van der Waals surface area (Å²) in [5.74, 6) is 0.159. The van der Waals surface area contributed by atoms with Gasteiger partial charge in [0.15, 0.2) is 0 Å². The number of rotatable bonds is 4. The van der Waals surface area contributed by atoms with Gasteiger partial charge >= 0.3 is 0 Å². The van der Waals surface area contributed by atoms with Crippen molar-refractivity contribution in [3.8, 4) is 5.75 Å². The highest BCUT2D eigenvalue weighted by Gasteiger charge is 2.21. The number of nitrogens with zero attached hydrogens (tertiary/aromatic N) is 1. The van der Waals surface area contributed by atoms with Crippen molar-refractivity contribution in [1.82, 2.24) is 4.98 Å². The Morgan fingerprint density at radius 2 is 2.00 bits per heavy atom. The summed E-state index contributed by atoms with van der Waals surface area (Å²) in [4.78, 5) is 3.84. The van der Waals surface area contributed by atoms with Crippen LogP contribution in [0.1, 0.15) is 49.9 Å². The Morgan fingerprint density at radius 1 is 1.32 bits per heavy atom. The maximum atomic E-state index is 13.0. The van der Waals surface area contributed by atoms with E-state index in [1.165, 1.54) is 12.5 Å². The second kappa shape index (κ2) is 5.99. The molecule has 2 rings (SSSR count). The van der Waals surface area contributed by atoms with Gasteiger partial charge in [-0.2, -0.15) is 0 Å². The molecule has 5 heteroatoms. The summed E-state index contributed by atoms with van der Waals surface area (Å²) in [6.45, 7) is 3.50. The molecular weight excluding hydrogens is 250 g/mol. The zero-order chi connectivity index (χ0) is 13.8. The number of nitrogens with two attached hydrogens (primary N) is 1. The van der Waals surface area contributed by atoms with Crippen LogP contribution in [-0.4, -0.2) is 11.1 Å². The van der Waals surface area contributed by atoms with E-state index in [0.717, 1.165) is 25.7 Å². The summed E-state index contributed by atoms with van der Waals surface area (Å²) in [5, 5.41) is 0. The Balaban J connectivity index is 2.20. The van der Waals surface area contributed by atoms with Crippen molar-refractivity contribution in [3.05, 3.63) is 30.1 Å². The molecule has 0 saturated heterocycles. The summed E-state index contributed by atoms with van der Waals surface area (Å²) >= 11 is 0. The fraction of sp³-hybridized carbons (Fsp3) is 0.500. The SMILES string of the molecule is C=C(N)c1ccc(OC2CCCCC2)c(C(F)F)n1. The topological polar surface area (TPSA) is 48.1 Å². The van der Waals surface area contributed by atoms with Crippen LogP contribution >= 0.6 is 0 Å². The number of hydrogen-bond acceptors (Lipinski definition) is 3. The highest BCUT2D eigenvalue weighted by molar-refractivity contribution is 5.57. The molecule has 1 aliphatic rings. The zero-order valence-electron chi connectivity index (χ0n) is 10.7. The van der Waals surface area contributed by atoms with Crippen LogP contribution in [0.25, 0.3) is 5.70 Å². The summed E-state index contributed by atoms with van der Waals surface area (Å²) in [7, 11) is 0. The summed E-state index contributed by atoms with van der Waals surface area (Å²) in [6.07, 6.45) is 2.51. The normalized spacial score (nSPS) is 16.6. The molecule has 2 N–H and O–H groups in total. The first-order valence-corrected chi connectivity index (χ1v) is 6.48. The van der Waals surface area contributed by atoms with Crippen LogP contribution in [0.5, 0.6) is 5.75 Å². The van der Waals surface area contributed by atoms with Gasteiger partial charge in [0, 0.05) is 0 Å². The van der Waals surface area contributed by atoms with Gasteiger partial charge in [-0.1, -0.05) is 13.0 Å². The van der Waals surface area contributed by atoms with Crippen molar-refractivity contribution < 1.29 is 13.5 Å². The van der Waals surface area contributed by atoms with Crippen LogP contribution < -0.4 is 10.5 Å². The minimum absolute atomic E-state index is 0.0139. The van der Waals surface area contributed by atoms with Crippen molar-refractivity contribution in [2.45, 2.75) is 44.6 Å². The first-order chi connectivity index (χ1) is 9.08. The van der Waals surface area contributed by atoms with Gasteiger partial charge in [0.1, 0.15) is 11.4 Å². The first kappa shape index (κ1) is 13.8. The molecule has 104 valence electrons. The summed E-state index contributed by atoms with van der Waals surface area (Å²) in [5.41, 5.74) is 5.56. The number of halogens is 2. The highest BCUT2D eigenvalue weighted by Crippen LogP contribution is 2.31. The number of pyridine rings is 1. The van der Waals surface area contributed by atoms with Gasteiger partial charge in [-0.15, -0.1) is 0 Å². The molecule has 0 radical (unpaired) electrons. The van der Waals surface area contributed by atoms with Crippen LogP contribution in [-0.2, 0) is 0 Å². The van der Waals surface area contributed by atoms with Gasteiger partial charge in [-0.05, 0) is 37.8 Å². The fourth-order valence-corrected chi connectivity index (χ4v) is 2.26. The Labute approximate surface area is 111 Å². The molecule has 19 heavy (non-hydrogen) atoms.